The van der Waals surface area contributed by atoms with E-state index in [4.69, 9.17) is 10.8 Å². The second kappa shape index (κ2) is 4.66. The molecule has 0 spiro atoms. The summed E-state index contributed by atoms with van der Waals surface area (Å²) in [4.78, 5) is 22.4. The highest BCUT2D eigenvalue weighted by Crippen LogP contribution is 2.38. The average Bonchev–Trinajstić information content (AvgIpc) is 2.57. The van der Waals surface area contributed by atoms with Gasteiger partial charge in [-0.25, -0.2) is 0 Å². The van der Waals surface area contributed by atoms with Crippen LogP contribution in [0.2, 0.25) is 0 Å². The fraction of sp³-hybridized carbons (Fsp3) is 0.429. The van der Waals surface area contributed by atoms with Crippen molar-refractivity contribution in [3.05, 3.63) is 29.3 Å². The van der Waals surface area contributed by atoms with Gasteiger partial charge in [-0.3, -0.25) is 9.59 Å². The van der Waals surface area contributed by atoms with E-state index in [0.29, 0.717) is 6.42 Å². The number of amides is 1. The molecule has 1 aliphatic heterocycles. The molecule has 2 rings (SSSR count). The zero-order chi connectivity index (χ0) is 14.2. The quantitative estimate of drug-likeness (QED) is 0.771. The maximum atomic E-state index is 11.8. The highest BCUT2D eigenvalue weighted by Gasteiger charge is 2.38. The van der Waals surface area contributed by atoms with E-state index in [1.807, 2.05) is 32.0 Å². The second-order valence-electron chi connectivity index (χ2n) is 5.42. The van der Waals surface area contributed by atoms with Crippen molar-refractivity contribution in [1.82, 2.24) is 0 Å². The van der Waals surface area contributed by atoms with Crippen molar-refractivity contribution in [3.8, 4) is 0 Å². The molecule has 0 fully saturated rings. The van der Waals surface area contributed by atoms with Crippen molar-refractivity contribution in [1.29, 1.82) is 0 Å². The van der Waals surface area contributed by atoms with E-state index in [9.17, 15) is 9.59 Å². The van der Waals surface area contributed by atoms with Crippen molar-refractivity contribution in [2.75, 3.05) is 5.32 Å². The van der Waals surface area contributed by atoms with E-state index in [0.717, 1.165) is 16.8 Å². The van der Waals surface area contributed by atoms with Gasteiger partial charge in [-0.1, -0.05) is 12.1 Å². The standard InChI is InChI=1S/C14H18N2O3/c1-14(2)9-7-8(10(15)4-6-12(17)18)3-5-11(9)16-13(14)19/h3,5,7,10H,4,6,15H2,1-2H3,(H,16,19)(H,17,18). The highest BCUT2D eigenvalue weighted by molar-refractivity contribution is 6.05. The number of fused-ring (bicyclic) bond motifs is 1. The molecule has 4 N–H and O–H groups in total. The van der Waals surface area contributed by atoms with Crippen molar-refractivity contribution < 1.29 is 14.7 Å². The molecular weight excluding hydrogens is 244 g/mol. The summed E-state index contributed by atoms with van der Waals surface area (Å²) in [5.74, 6) is -0.882. The lowest BCUT2D eigenvalue weighted by Gasteiger charge is -2.17. The van der Waals surface area contributed by atoms with Crippen LogP contribution in [0.5, 0.6) is 0 Å². The van der Waals surface area contributed by atoms with Crippen molar-refractivity contribution in [2.24, 2.45) is 5.73 Å². The first-order valence-corrected chi connectivity index (χ1v) is 6.25. The molecule has 1 aromatic carbocycles. The van der Waals surface area contributed by atoms with E-state index >= 15 is 0 Å². The number of carboxylic acid groups (broad SMARTS) is 1. The van der Waals surface area contributed by atoms with Gasteiger partial charge in [0.05, 0.1) is 5.41 Å². The zero-order valence-electron chi connectivity index (χ0n) is 11.1. The summed E-state index contributed by atoms with van der Waals surface area (Å²) in [6.07, 6.45) is 0.425. The Morgan fingerprint density at radius 3 is 2.79 bits per heavy atom. The first kappa shape index (κ1) is 13.5. The maximum absolute atomic E-state index is 11.8. The van der Waals surface area contributed by atoms with Gasteiger partial charge in [0.25, 0.3) is 0 Å². The largest absolute Gasteiger partial charge is 0.481 e. The number of hydrogen-bond acceptors (Lipinski definition) is 3. The van der Waals surface area contributed by atoms with Crippen LogP contribution in [-0.2, 0) is 15.0 Å². The summed E-state index contributed by atoms with van der Waals surface area (Å²) >= 11 is 0. The molecule has 1 atom stereocenters. The van der Waals surface area contributed by atoms with Gasteiger partial charge in [0.2, 0.25) is 5.91 Å². The smallest absolute Gasteiger partial charge is 0.303 e. The zero-order valence-corrected chi connectivity index (χ0v) is 11.1. The lowest BCUT2D eigenvalue weighted by molar-refractivity contribution is -0.137. The molecule has 0 aromatic heterocycles. The Morgan fingerprint density at radius 2 is 2.16 bits per heavy atom. The lowest BCUT2D eigenvalue weighted by atomic mass is 9.84. The van der Waals surface area contributed by atoms with Gasteiger partial charge in [0.15, 0.2) is 0 Å². The van der Waals surface area contributed by atoms with E-state index in [-0.39, 0.29) is 18.4 Å². The molecule has 1 aliphatic rings. The monoisotopic (exact) mass is 262 g/mol. The highest BCUT2D eigenvalue weighted by atomic mass is 16.4. The third-order valence-electron chi connectivity index (χ3n) is 3.63. The average molecular weight is 262 g/mol. The Balaban J connectivity index is 2.25. The summed E-state index contributed by atoms with van der Waals surface area (Å²) < 4.78 is 0. The Bertz CT molecular complexity index is 537. The maximum Gasteiger partial charge on any atom is 0.303 e. The normalized spacial score (nSPS) is 17.7. The number of aliphatic carboxylic acids is 1. The first-order valence-electron chi connectivity index (χ1n) is 6.25. The number of benzene rings is 1. The minimum absolute atomic E-state index is 0.0289. The summed E-state index contributed by atoms with van der Waals surface area (Å²) in [6.45, 7) is 3.72. The molecule has 0 radical (unpaired) electrons. The van der Waals surface area contributed by atoms with Gasteiger partial charge >= 0.3 is 5.97 Å². The Morgan fingerprint density at radius 1 is 1.47 bits per heavy atom. The van der Waals surface area contributed by atoms with Crippen LogP contribution in [0.15, 0.2) is 18.2 Å². The minimum Gasteiger partial charge on any atom is -0.481 e. The van der Waals surface area contributed by atoms with Crippen LogP contribution < -0.4 is 11.1 Å². The third kappa shape index (κ3) is 2.46. The summed E-state index contributed by atoms with van der Waals surface area (Å²) in [5, 5.41) is 11.5. The molecule has 1 heterocycles. The summed E-state index contributed by atoms with van der Waals surface area (Å²) in [5.41, 5.74) is 8.01. The molecule has 1 unspecified atom stereocenters. The SMILES string of the molecule is CC1(C)C(=O)Nc2ccc(C(N)CCC(=O)O)cc21. The predicted octanol–water partition coefficient (Wildman–Crippen LogP) is 1.78. The minimum atomic E-state index is -0.853. The molecule has 0 saturated carbocycles. The lowest BCUT2D eigenvalue weighted by Crippen LogP contribution is -2.27. The number of nitrogens with two attached hydrogens (primary N) is 1. The molecule has 1 aromatic rings. The van der Waals surface area contributed by atoms with Crippen LogP contribution in [0.3, 0.4) is 0 Å². The summed E-state index contributed by atoms with van der Waals surface area (Å²) in [7, 11) is 0. The number of carbonyl (C=O) groups is 2. The number of carbonyl (C=O) groups excluding carboxylic acids is 1. The first-order chi connectivity index (χ1) is 8.82. The Hall–Kier alpha value is -1.88. The number of anilines is 1. The predicted molar refractivity (Wildman–Crippen MR) is 71.9 cm³/mol. The van der Waals surface area contributed by atoms with Crippen molar-refractivity contribution in [3.63, 3.8) is 0 Å². The van der Waals surface area contributed by atoms with Gasteiger partial charge in [0, 0.05) is 18.2 Å². The third-order valence-corrected chi connectivity index (χ3v) is 3.63. The van der Waals surface area contributed by atoms with Crippen LogP contribution in [0.4, 0.5) is 5.69 Å². The van der Waals surface area contributed by atoms with Crippen molar-refractivity contribution in [2.45, 2.75) is 38.1 Å². The van der Waals surface area contributed by atoms with Gasteiger partial charge in [-0.15, -0.1) is 0 Å². The van der Waals surface area contributed by atoms with Gasteiger partial charge < -0.3 is 16.2 Å². The summed E-state index contributed by atoms with van der Waals surface area (Å²) in [6, 6.07) is 5.25. The molecule has 0 aliphatic carbocycles. The molecule has 102 valence electrons. The molecule has 5 heteroatoms. The number of rotatable bonds is 4. The van der Waals surface area contributed by atoms with Crippen molar-refractivity contribution >= 4 is 17.6 Å². The topological polar surface area (TPSA) is 92.4 Å². The number of hydrogen-bond donors (Lipinski definition) is 3. The van der Waals surface area contributed by atoms with E-state index in [2.05, 4.69) is 5.32 Å². The number of nitrogens with one attached hydrogen (secondary N) is 1. The fourth-order valence-electron chi connectivity index (χ4n) is 2.27. The second-order valence-corrected chi connectivity index (χ2v) is 5.42. The molecule has 5 nitrogen and oxygen atoms in total. The molecule has 1 amide bonds. The van der Waals surface area contributed by atoms with Crippen LogP contribution in [0.1, 0.15) is 43.9 Å². The Labute approximate surface area is 111 Å². The van der Waals surface area contributed by atoms with E-state index in [1.54, 1.807) is 0 Å². The van der Waals surface area contributed by atoms with Gasteiger partial charge in [-0.05, 0) is 37.5 Å². The van der Waals surface area contributed by atoms with Gasteiger partial charge in [-0.2, -0.15) is 0 Å². The Kier molecular flexibility index (Phi) is 3.32. The van der Waals surface area contributed by atoms with Crippen LogP contribution >= 0.6 is 0 Å². The van der Waals surface area contributed by atoms with Crippen LogP contribution in [0, 0.1) is 0 Å². The van der Waals surface area contributed by atoms with Gasteiger partial charge in [0.1, 0.15) is 0 Å². The molecule has 0 bridgehead atoms. The molecule has 0 saturated heterocycles. The number of carboxylic acids is 1. The van der Waals surface area contributed by atoms with E-state index < -0.39 is 11.4 Å². The molecular formula is C14H18N2O3. The van der Waals surface area contributed by atoms with E-state index in [1.165, 1.54) is 0 Å². The van der Waals surface area contributed by atoms with Crippen LogP contribution in [-0.4, -0.2) is 17.0 Å². The van der Waals surface area contributed by atoms with Crippen LogP contribution in [0.25, 0.3) is 0 Å². The molecule has 19 heavy (non-hydrogen) atoms. The fourth-order valence-corrected chi connectivity index (χ4v) is 2.27.